The molecule has 2 aliphatic heterocycles. The summed E-state index contributed by atoms with van der Waals surface area (Å²) in [5.41, 5.74) is 3.08. The van der Waals surface area contributed by atoms with Crippen molar-refractivity contribution in [2.24, 2.45) is 0 Å². The van der Waals surface area contributed by atoms with Gasteiger partial charge in [0.25, 0.3) is 10.0 Å². The SMILES string of the molecule is O=S(=O)(c1ccc(Cl)cc1)N1CCc2c(N3CCNCC3)cccc21. The van der Waals surface area contributed by atoms with Crippen LogP contribution in [0.25, 0.3) is 0 Å². The van der Waals surface area contributed by atoms with Crippen LogP contribution < -0.4 is 14.5 Å². The summed E-state index contributed by atoms with van der Waals surface area (Å²) < 4.78 is 27.6. The molecule has 7 heteroatoms. The van der Waals surface area contributed by atoms with E-state index in [4.69, 9.17) is 11.6 Å². The molecular formula is C18H20ClN3O2S. The van der Waals surface area contributed by atoms with Crippen LogP contribution in [0.3, 0.4) is 0 Å². The Bertz CT molecular complexity index is 878. The monoisotopic (exact) mass is 377 g/mol. The summed E-state index contributed by atoms with van der Waals surface area (Å²) in [6.07, 6.45) is 0.738. The van der Waals surface area contributed by atoms with Crippen molar-refractivity contribution >= 4 is 33.0 Å². The second-order valence-electron chi connectivity index (χ2n) is 6.29. The highest BCUT2D eigenvalue weighted by Gasteiger charge is 2.33. The Hall–Kier alpha value is -1.76. The maximum absolute atomic E-state index is 13.1. The molecule has 0 aromatic heterocycles. The molecule has 2 aromatic carbocycles. The predicted octanol–water partition coefficient (Wildman–Crippen LogP) is 2.50. The Morgan fingerprint density at radius 3 is 2.32 bits per heavy atom. The molecule has 1 saturated heterocycles. The highest BCUT2D eigenvalue weighted by Crippen LogP contribution is 2.38. The van der Waals surface area contributed by atoms with E-state index in [1.807, 2.05) is 12.1 Å². The van der Waals surface area contributed by atoms with Crippen LogP contribution in [0.2, 0.25) is 5.02 Å². The lowest BCUT2D eigenvalue weighted by molar-refractivity contribution is 0.588. The highest BCUT2D eigenvalue weighted by atomic mass is 35.5. The lowest BCUT2D eigenvalue weighted by Gasteiger charge is -2.31. The van der Waals surface area contributed by atoms with Crippen molar-refractivity contribution in [2.75, 3.05) is 41.9 Å². The summed E-state index contributed by atoms with van der Waals surface area (Å²) >= 11 is 5.89. The molecule has 5 nitrogen and oxygen atoms in total. The third-order valence-electron chi connectivity index (χ3n) is 4.82. The highest BCUT2D eigenvalue weighted by molar-refractivity contribution is 7.92. The number of halogens is 1. The van der Waals surface area contributed by atoms with Gasteiger partial charge in [0, 0.05) is 49.0 Å². The summed E-state index contributed by atoms with van der Waals surface area (Å²) in [5, 5.41) is 3.88. The molecule has 1 fully saturated rings. The second kappa shape index (κ2) is 6.52. The van der Waals surface area contributed by atoms with Crippen LogP contribution >= 0.6 is 11.6 Å². The minimum atomic E-state index is -3.57. The molecule has 2 aliphatic rings. The number of rotatable bonds is 3. The van der Waals surface area contributed by atoms with Crippen LogP contribution in [0.1, 0.15) is 5.56 Å². The minimum Gasteiger partial charge on any atom is -0.369 e. The Balaban J connectivity index is 1.71. The first-order valence-corrected chi connectivity index (χ1v) is 10.2. The average Bonchev–Trinajstić information content (AvgIpc) is 3.08. The third kappa shape index (κ3) is 2.99. The quantitative estimate of drug-likeness (QED) is 0.893. The van der Waals surface area contributed by atoms with Crippen LogP contribution in [0.15, 0.2) is 47.4 Å². The Morgan fingerprint density at radius 1 is 0.920 bits per heavy atom. The molecule has 25 heavy (non-hydrogen) atoms. The smallest absolute Gasteiger partial charge is 0.264 e. The topological polar surface area (TPSA) is 52.7 Å². The predicted molar refractivity (Wildman–Crippen MR) is 101 cm³/mol. The van der Waals surface area contributed by atoms with Gasteiger partial charge in [0.2, 0.25) is 0 Å². The summed E-state index contributed by atoms with van der Waals surface area (Å²) in [4.78, 5) is 2.62. The largest absolute Gasteiger partial charge is 0.369 e. The fraction of sp³-hybridized carbons (Fsp3) is 0.333. The Morgan fingerprint density at radius 2 is 1.60 bits per heavy atom. The number of piperazine rings is 1. The molecule has 0 aliphatic carbocycles. The first-order chi connectivity index (χ1) is 12.1. The van der Waals surface area contributed by atoms with E-state index in [0.29, 0.717) is 11.6 Å². The van der Waals surface area contributed by atoms with Gasteiger partial charge in [-0.25, -0.2) is 8.42 Å². The number of nitrogens with one attached hydrogen (secondary N) is 1. The van der Waals surface area contributed by atoms with Gasteiger partial charge >= 0.3 is 0 Å². The number of sulfonamides is 1. The first kappa shape index (κ1) is 16.7. The van der Waals surface area contributed by atoms with Gasteiger partial charge in [-0.2, -0.15) is 0 Å². The molecule has 0 bridgehead atoms. The molecule has 2 heterocycles. The van der Waals surface area contributed by atoms with Gasteiger partial charge in [0.1, 0.15) is 0 Å². The van der Waals surface area contributed by atoms with E-state index >= 15 is 0 Å². The molecular weight excluding hydrogens is 358 g/mol. The van der Waals surface area contributed by atoms with Gasteiger partial charge in [-0.15, -0.1) is 0 Å². The lowest BCUT2D eigenvalue weighted by Crippen LogP contribution is -2.43. The number of hydrogen-bond acceptors (Lipinski definition) is 4. The van der Waals surface area contributed by atoms with Crippen molar-refractivity contribution in [3.05, 3.63) is 53.1 Å². The molecule has 0 unspecified atom stereocenters. The van der Waals surface area contributed by atoms with E-state index in [0.717, 1.165) is 49.5 Å². The van der Waals surface area contributed by atoms with E-state index in [1.54, 1.807) is 24.3 Å². The van der Waals surface area contributed by atoms with Crippen LogP contribution in [0.4, 0.5) is 11.4 Å². The summed E-state index contributed by atoms with van der Waals surface area (Å²) in [7, 11) is -3.57. The summed E-state index contributed by atoms with van der Waals surface area (Å²) in [6, 6.07) is 12.3. The van der Waals surface area contributed by atoms with Gasteiger partial charge in [-0.05, 0) is 42.8 Å². The zero-order chi connectivity index (χ0) is 17.4. The van der Waals surface area contributed by atoms with Gasteiger partial charge in [0.15, 0.2) is 0 Å². The maximum Gasteiger partial charge on any atom is 0.264 e. The maximum atomic E-state index is 13.1. The van der Waals surface area contributed by atoms with E-state index < -0.39 is 10.0 Å². The molecule has 0 atom stereocenters. The molecule has 2 aromatic rings. The Kier molecular flexibility index (Phi) is 4.35. The molecule has 1 N–H and O–H groups in total. The number of hydrogen-bond donors (Lipinski definition) is 1. The minimum absolute atomic E-state index is 0.275. The van der Waals surface area contributed by atoms with Gasteiger partial charge < -0.3 is 10.2 Å². The van der Waals surface area contributed by atoms with Crippen molar-refractivity contribution < 1.29 is 8.42 Å². The van der Waals surface area contributed by atoms with Crippen molar-refractivity contribution in [3.63, 3.8) is 0 Å². The number of fused-ring (bicyclic) bond motifs is 1. The van der Waals surface area contributed by atoms with Crippen molar-refractivity contribution in [1.82, 2.24) is 5.32 Å². The summed E-state index contributed by atoms with van der Waals surface area (Å²) in [5.74, 6) is 0. The van der Waals surface area contributed by atoms with Crippen LogP contribution in [-0.4, -0.2) is 41.1 Å². The van der Waals surface area contributed by atoms with Crippen LogP contribution in [-0.2, 0) is 16.4 Å². The van der Waals surface area contributed by atoms with E-state index in [2.05, 4.69) is 16.3 Å². The van der Waals surface area contributed by atoms with E-state index in [-0.39, 0.29) is 4.90 Å². The first-order valence-electron chi connectivity index (χ1n) is 8.43. The normalized spacial score (nSPS) is 17.6. The molecule has 4 rings (SSSR count). The van der Waals surface area contributed by atoms with E-state index in [9.17, 15) is 8.42 Å². The Labute approximate surface area is 153 Å². The number of benzene rings is 2. The third-order valence-corrected chi connectivity index (χ3v) is 6.90. The lowest BCUT2D eigenvalue weighted by atomic mass is 10.1. The van der Waals surface area contributed by atoms with Gasteiger partial charge in [-0.1, -0.05) is 17.7 Å². The van der Waals surface area contributed by atoms with Gasteiger partial charge in [0.05, 0.1) is 10.6 Å². The van der Waals surface area contributed by atoms with Crippen molar-refractivity contribution in [2.45, 2.75) is 11.3 Å². The average molecular weight is 378 g/mol. The molecule has 0 spiro atoms. The van der Waals surface area contributed by atoms with Crippen molar-refractivity contribution in [3.8, 4) is 0 Å². The van der Waals surface area contributed by atoms with E-state index in [1.165, 1.54) is 4.31 Å². The molecule has 0 radical (unpaired) electrons. The summed E-state index contributed by atoms with van der Waals surface area (Å²) in [6.45, 7) is 4.27. The van der Waals surface area contributed by atoms with Crippen molar-refractivity contribution in [1.29, 1.82) is 0 Å². The van der Waals surface area contributed by atoms with Gasteiger partial charge in [-0.3, -0.25) is 4.31 Å². The van der Waals surface area contributed by atoms with Crippen LogP contribution in [0.5, 0.6) is 0 Å². The van der Waals surface area contributed by atoms with Crippen LogP contribution in [0, 0.1) is 0 Å². The molecule has 0 saturated carbocycles. The zero-order valence-electron chi connectivity index (χ0n) is 13.8. The zero-order valence-corrected chi connectivity index (χ0v) is 15.4. The molecule has 132 valence electrons. The second-order valence-corrected chi connectivity index (χ2v) is 8.59. The fourth-order valence-electron chi connectivity index (χ4n) is 3.57. The number of anilines is 2. The standard InChI is InChI=1S/C18H20ClN3O2S/c19-14-4-6-15(7-5-14)25(23,24)22-11-8-16-17(2-1-3-18(16)22)21-12-9-20-10-13-21/h1-7,20H,8-13H2. The number of nitrogens with zero attached hydrogens (tertiary/aromatic N) is 2. The molecule has 0 amide bonds. The fourth-order valence-corrected chi connectivity index (χ4v) is 5.19.